The summed E-state index contributed by atoms with van der Waals surface area (Å²) in [6.07, 6.45) is 4.26. The molecule has 9 nitrogen and oxygen atoms in total. The number of aromatic nitrogens is 2. The van der Waals surface area contributed by atoms with E-state index < -0.39 is 22.5 Å². The van der Waals surface area contributed by atoms with Gasteiger partial charge in [-0.25, -0.2) is 14.2 Å². The van der Waals surface area contributed by atoms with E-state index in [4.69, 9.17) is 8.85 Å². The van der Waals surface area contributed by atoms with Crippen LogP contribution < -0.4 is 4.43 Å². The van der Waals surface area contributed by atoms with Crippen molar-refractivity contribution in [2.24, 2.45) is 0 Å². The summed E-state index contributed by atoms with van der Waals surface area (Å²) in [5, 5.41) is 11.0. The zero-order valence-corrected chi connectivity index (χ0v) is 39.4. The first kappa shape index (κ1) is 45.6. The summed E-state index contributed by atoms with van der Waals surface area (Å²) in [7, 11) is -4.83. The van der Waals surface area contributed by atoms with E-state index in [-0.39, 0.29) is 40.2 Å². The Morgan fingerprint density at radius 1 is 0.881 bits per heavy atom. The van der Waals surface area contributed by atoms with Gasteiger partial charge in [-0.3, -0.25) is 4.79 Å². The van der Waals surface area contributed by atoms with Gasteiger partial charge in [0.15, 0.2) is 0 Å². The Hall–Kier alpha value is -4.48. The third kappa shape index (κ3) is 9.31. The summed E-state index contributed by atoms with van der Waals surface area (Å²) in [5.41, 5.74) is 4.07. The molecule has 5 rings (SSSR count). The van der Waals surface area contributed by atoms with Crippen molar-refractivity contribution in [2.75, 3.05) is 19.6 Å². The molecule has 1 atom stereocenters. The smallest absolute Gasteiger partial charge is 0.396 e. The van der Waals surface area contributed by atoms with Gasteiger partial charge in [0.25, 0.3) is 22.5 Å². The van der Waals surface area contributed by atoms with E-state index >= 15 is 0 Å². The Morgan fingerprint density at radius 2 is 1.53 bits per heavy atom. The Kier molecular flexibility index (Phi) is 14.6. The largest absolute Gasteiger partial charge is 0.543 e. The summed E-state index contributed by atoms with van der Waals surface area (Å²) >= 11 is 0. The topological polar surface area (TPSA) is 101 Å². The number of benzene rings is 3. The highest BCUT2D eigenvalue weighted by Gasteiger charge is 2.50. The van der Waals surface area contributed by atoms with Crippen molar-refractivity contribution in [1.29, 1.82) is 5.26 Å². The van der Waals surface area contributed by atoms with Crippen LogP contribution in [0.1, 0.15) is 117 Å². The number of likely N-dealkylation sites (tertiary alicyclic amines) is 1. The van der Waals surface area contributed by atoms with Gasteiger partial charge in [0.05, 0.1) is 17.9 Å². The highest BCUT2D eigenvalue weighted by molar-refractivity contribution is 6.79. The fourth-order valence-corrected chi connectivity index (χ4v) is 20.6. The molecule has 0 N–H and O–H groups in total. The second-order valence-electron chi connectivity index (χ2n) is 18.4. The number of nitriles is 1. The molecule has 0 aliphatic carbocycles. The van der Waals surface area contributed by atoms with Crippen LogP contribution in [0.3, 0.4) is 0 Å². The second-order valence-corrected chi connectivity index (χ2v) is 29.1. The highest BCUT2D eigenvalue weighted by Crippen LogP contribution is 2.44. The number of rotatable bonds is 16. The van der Waals surface area contributed by atoms with Crippen molar-refractivity contribution in [3.8, 4) is 11.8 Å². The van der Waals surface area contributed by atoms with Crippen LogP contribution in [0.4, 0.5) is 9.18 Å². The van der Waals surface area contributed by atoms with Crippen LogP contribution in [0.2, 0.25) is 33.2 Å². The molecule has 1 saturated heterocycles. The van der Waals surface area contributed by atoms with E-state index in [0.29, 0.717) is 66.8 Å². The van der Waals surface area contributed by atoms with Crippen molar-refractivity contribution in [3.05, 3.63) is 95.3 Å². The molecule has 59 heavy (non-hydrogen) atoms. The predicted molar refractivity (Wildman–Crippen MR) is 240 cm³/mol. The van der Waals surface area contributed by atoms with Gasteiger partial charge in [0.1, 0.15) is 17.6 Å². The molecule has 0 saturated carbocycles. The van der Waals surface area contributed by atoms with Crippen molar-refractivity contribution >= 4 is 39.4 Å². The molecule has 2 heterocycles. The normalized spacial score (nSPS) is 15.0. The molecule has 0 spiro atoms. The third-order valence-electron chi connectivity index (χ3n) is 13.1. The predicted octanol–water partition coefficient (Wildman–Crippen LogP) is 11.7. The number of imidazole rings is 1. The molecule has 1 aliphatic heterocycles. The monoisotopic (exact) mass is 839 g/mol. The standard InChI is InChI=1S/C47H66FN5O4Si2/c1-31(2)58(32(3)4,33(5)6)56-42-19-18-38-14-13-15-43(44(38)25-42)46(54)51-22-20-41(29-51)53(47(55)57-59(34(7)8,35(9)10)36(11)12)23-21-40-27-50-30-52(40)28-37-16-17-39(26-49)45(48)24-37/h13-19,24-25,27,30-36,41H,20-23,28-29H2,1-12H3. The highest BCUT2D eigenvalue weighted by atomic mass is 28.4. The van der Waals surface area contributed by atoms with Crippen molar-refractivity contribution in [1.82, 2.24) is 19.4 Å². The molecule has 318 valence electrons. The van der Waals surface area contributed by atoms with E-state index in [1.165, 1.54) is 12.1 Å². The van der Waals surface area contributed by atoms with Gasteiger partial charge in [-0.15, -0.1) is 0 Å². The fourth-order valence-electron chi connectivity index (χ4n) is 10.3. The molecule has 3 aromatic carbocycles. The number of hydrogen-bond acceptors (Lipinski definition) is 6. The summed E-state index contributed by atoms with van der Waals surface area (Å²) in [6.45, 7) is 28.3. The van der Waals surface area contributed by atoms with E-state index in [1.54, 1.807) is 18.6 Å². The molecule has 2 amide bonds. The lowest BCUT2D eigenvalue weighted by molar-refractivity contribution is 0.0773. The number of amides is 2. The molecule has 1 aromatic heterocycles. The van der Waals surface area contributed by atoms with Crippen molar-refractivity contribution < 1.29 is 22.8 Å². The summed E-state index contributed by atoms with van der Waals surface area (Å²) in [5.74, 6) is 0.190. The van der Waals surface area contributed by atoms with Crippen LogP contribution in [0, 0.1) is 17.1 Å². The van der Waals surface area contributed by atoms with Crippen LogP contribution in [0.5, 0.6) is 5.75 Å². The third-order valence-corrected chi connectivity index (χ3v) is 25.0. The fraction of sp³-hybridized carbons (Fsp3) is 0.532. The number of hydrogen-bond donors (Lipinski definition) is 0. The van der Waals surface area contributed by atoms with Gasteiger partial charge in [-0.1, -0.05) is 107 Å². The van der Waals surface area contributed by atoms with Gasteiger partial charge in [0.2, 0.25) is 0 Å². The molecule has 4 aromatic rings. The number of carbonyl (C=O) groups is 2. The van der Waals surface area contributed by atoms with Gasteiger partial charge < -0.3 is 23.2 Å². The molecular weight excluding hydrogens is 774 g/mol. The van der Waals surface area contributed by atoms with Crippen LogP contribution in [0.15, 0.2) is 67.1 Å². The van der Waals surface area contributed by atoms with Crippen molar-refractivity contribution in [2.45, 2.75) is 142 Å². The summed E-state index contributed by atoms with van der Waals surface area (Å²) < 4.78 is 30.3. The molecule has 0 radical (unpaired) electrons. The van der Waals surface area contributed by atoms with E-state index in [0.717, 1.165) is 22.2 Å². The maximum Gasteiger partial charge on any atom is 0.396 e. The first-order valence-electron chi connectivity index (χ1n) is 21.5. The van der Waals surface area contributed by atoms with E-state index in [1.807, 2.05) is 44.7 Å². The molecule has 1 aliphatic rings. The average Bonchev–Trinajstić information content (AvgIpc) is 3.84. The van der Waals surface area contributed by atoms with Crippen LogP contribution in [-0.2, 0) is 17.4 Å². The molecule has 1 unspecified atom stereocenters. The minimum absolute atomic E-state index is 0.00311. The number of carbonyl (C=O) groups excluding carboxylic acids is 2. The van der Waals surface area contributed by atoms with Crippen LogP contribution >= 0.6 is 0 Å². The van der Waals surface area contributed by atoms with Crippen LogP contribution in [0.25, 0.3) is 10.8 Å². The minimum atomic E-state index is -2.60. The van der Waals surface area contributed by atoms with Crippen LogP contribution in [-0.4, -0.2) is 73.7 Å². The number of nitrogens with zero attached hydrogens (tertiary/aromatic N) is 5. The zero-order valence-electron chi connectivity index (χ0n) is 37.4. The van der Waals surface area contributed by atoms with E-state index in [9.17, 15) is 19.2 Å². The molecular formula is C47H66FN5O4Si2. The lowest BCUT2D eigenvalue weighted by Crippen LogP contribution is -2.54. The average molecular weight is 840 g/mol. The first-order chi connectivity index (χ1) is 27.9. The summed E-state index contributed by atoms with van der Waals surface area (Å²) in [6, 6.07) is 18.3. The second kappa shape index (κ2) is 18.8. The Balaban J connectivity index is 1.43. The Bertz CT molecular complexity index is 2100. The maximum atomic E-state index is 14.6. The Morgan fingerprint density at radius 3 is 2.12 bits per heavy atom. The van der Waals surface area contributed by atoms with Gasteiger partial charge in [-0.2, -0.15) is 5.26 Å². The van der Waals surface area contributed by atoms with Gasteiger partial charge >= 0.3 is 6.09 Å². The Labute approximate surface area is 354 Å². The lowest BCUT2D eigenvalue weighted by atomic mass is 10.0. The maximum absolute atomic E-state index is 14.6. The number of halogens is 1. The van der Waals surface area contributed by atoms with E-state index in [2.05, 4.69) is 100 Å². The van der Waals surface area contributed by atoms with Crippen molar-refractivity contribution in [3.63, 3.8) is 0 Å². The molecule has 1 fully saturated rings. The minimum Gasteiger partial charge on any atom is -0.543 e. The number of fused-ring (bicyclic) bond motifs is 1. The first-order valence-corrected chi connectivity index (χ1v) is 25.8. The van der Waals surface area contributed by atoms with Gasteiger partial charge in [-0.05, 0) is 86.3 Å². The zero-order chi connectivity index (χ0) is 43.4. The van der Waals surface area contributed by atoms with Gasteiger partial charge in [0, 0.05) is 50.1 Å². The SMILES string of the molecule is CC(C)[Si](OC(=O)N(CCc1cncn1Cc1ccc(C#N)c(F)c1)C1CCN(C(=O)c2cccc3ccc(O[Si](C(C)C)(C(C)C)C(C)C)cc23)C1)(C(C)C)C(C)C. The summed E-state index contributed by atoms with van der Waals surface area (Å²) in [4.78, 5) is 37.3. The molecule has 12 heteroatoms. The lowest BCUT2D eigenvalue weighted by Gasteiger charge is -2.43. The quantitative estimate of drug-likeness (QED) is 0.104. The molecule has 0 bridgehead atoms.